The molecule has 2 aromatic heterocycles. The number of nitrogens with one attached hydrogen (secondary N) is 1. The summed E-state index contributed by atoms with van der Waals surface area (Å²) < 4.78 is 0. The van der Waals surface area contributed by atoms with Gasteiger partial charge in [0.15, 0.2) is 10.8 Å². The van der Waals surface area contributed by atoms with Gasteiger partial charge in [-0.1, -0.05) is 25.4 Å². The van der Waals surface area contributed by atoms with Gasteiger partial charge in [-0.25, -0.2) is 9.97 Å². The highest BCUT2D eigenvalue weighted by molar-refractivity contribution is 6.34. The van der Waals surface area contributed by atoms with E-state index in [-0.39, 0.29) is 0 Å². The molecule has 13 heavy (non-hydrogen) atoms. The second-order valence-electron chi connectivity index (χ2n) is 3.15. The average molecular weight is 197 g/mol. The van der Waals surface area contributed by atoms with E-state index in [2.05, 4.69) is 34.0 Å². The number of hydrogen-bond donors (Lipinski definition) is 1. The fourth-order valence-electron chi connectivity index (χ4n) is 1.28. The Hall–Kier alpha value is -1.16. The van der Waals surface area contributed by atoms with E-state index in [1.165, 1.54) is 6.33 Å². The second-order valence-corrected chi connectivity index (χ2v) is 3.51. The van der Waals surface area contributed by atoms with E-state index in [1.54, 1.807) is 0 Å². The molecular formula is C8H9ClN4. The lowest BCUT2D eigenvalue weighted by Gasteiger charge is -2.03. The van der Waals surface area contributed by atoms with Gasteiger partial charge in [-0.05, 0) is 5.92 Å². The van der Waals surface area contributed by atoms with Crippen LogP contribution in [0, 0.1) is 0 Å². The van der Waals surface area contributed by atoms with Crippen molar-refractivity contribution in [2.75, 3.05) is 0 Å². The zero-order valence-electron chi connectivity index (χ0n) is 7.37. The van der Waals surface area contributed by atoms with Gasteiger partial charge in [0.25, 0.3) is 0 Å². The Morgan fingerprint density at radius 1 is 1.38 bits per heavy atom. The monoisotopic (exact) mass is 196 g/mol. The third-order valence-electron chi connectivity index (χ3n) is 1.89. The lowest BCUT2D eigenvalue weighted by molar-refractivity contribution is 0.828. The largest absolute Gasteiger partial charge is 0.259 e. The quantitative estimate of drug-likeness (QED) is 0.760. The lowest BCUT2D eigenvalue weighted by Crippen LogP contribution is -1.94. The highest BCUT2D eigenvalue weighted by atomic mass is 35.5. The van der Waals surface area contributed by atoms with Gasteiger partial charge in [-0.15, -0.1) is 0 Å². The van der Waals surface area contributed by atoms with Crippen LogP contribution in [0.3, 0.4) is 0 Å². The van der Waals surface area contributed by atoms with Crippen molar-refractivity contribution < 1.29 is 0 Å². The molecule has 0 saturated carbocycles. The maximum absolute atomic E-state index is 5.90. The Kier molecular flexibility index (Phi) is 1.92. The molecule has 1 N–H and O–H groups in total. The number of H-pyrrole nitrogens is 1. The van der Waals surface area contributed by atoms with E-state index in [9.17, 15) is 0 Å². The minimum atomic E-state index is 0.320. The fourth-order valence-corrected chi connectivity index (χ4v) is 1.51. The summed E-state index contributed by atoms with van der Waals surface area (Å²) >= 11 is 5.90. The number of aromatic nitrogens is 4. The van der Waals surface area contributed by atoms with Crippen LogP contribution in [0.25, 0.3) is 11.0 Å². The van der Waals surface area contributed by atoms with Crippen molar-refractivity contribution in [3.8, 4) is 0 Å². The molecular weight excluding hydrogens is 188 g/mol. The van der Waals surface area contributed by atoms with Crippen molar-refractivity contribution >= 4 is 22.6 Å². The molecule has 5 heteroatoms. The summed E-state index contributed by atoms with van der Waals surface area (Å²) in [5, 5.41) is 7.90. The number of aromatic amines is 1. The third-order valence-corrected chi connectivity index (χ3v) is 2.16. The summed E-state index contributed by atoms with van der Waals surface area (Å²) in [5.41, 5.74) is 1.63. The van der Waals surface area contributed by atoms with Crippen LogP contribution in [0.1, 0.15) is 25.5 Å². The van der Waals surface area contributed by atoms with Gasteiger partial charge >= 0.3 is 0 Å². The average Bonchev–Trinajstić information content (AvgIpc) is 2.48. The van der Waals surface area contributed by atoms with Crippen molar-refractivity contribution in [1.29, 1.82) is 0 Å². The summed E-state index contributed by atoms with van der Waals surface area (Å²) in [6, 6.07) is 0. The molecule has 0 aromatic carbocycles. The van der Waals surface area contributed by atoms with E-state index in [0.29, 0.717) is 16.7 Å². The topological polar surface area (TPSA) is 54.5 Å². The van der Waals surface area contributed by atoms with Crippen LogP contribution >= 0.6 is 11.6 Å². The van der Waals surface area contributed by atoms with Crippen LogP contribution in [0.5, 0.6) is 0 Å². The lowest BCUT2D eigenvalue weighted by atomic mass is 10.1. The van der Waals surface area contributed by atoms with Gasteiger partial charge in [0.2, 0.25) is 0 Å². The second kappa shape index (κ2) is 2.96. The van der Waals surface area contributed by atoms with Crippen molar-refractivity contribution in [2.24, 2.45) is 0 Å². The predicted molar refractivity (Wildman–Crippen MR) is 50.8 cm³/mol. The van der Waals surface area contributed by atoms with E-state index < -0.39 is 0 Å². The summed E-state index contributed by atoms with van der Waals surface area (Å²) in [6.07, 6.45) is 1.52. The van der Waals surface area contributed by atoms with Gasteiger partial charge < -0.3 is 0 Å². The molecule has 0 aliphatic carbocycles. The molecule has 0 aliphatic heterocycles. The number of rotatable bonds is 1. The van der Waals surface area contributed by atoms with Crippen molar-refractivity contribution in [1.82, 2.24) is 20.2 Å². The van der Waals surface area contributed by atoms with E-state index >= 15 is 0 Å². The number of nitrogens with zero attached hydrogens (tertiary/aromatic N) is 3. The molecule has 0 unspecified atom stereocenters. The molecule has 2 aromatic rings. The molecule has 4 nitrogen and oxygen atoms in total. The van der Waals surface area contributed by atoms with Crippen LogP contribution in [0.15, 0.2) is 6.33 Å². The van der Waals surface area contributed by atoms with Crippen molar-refractivity contribution in [3.63, 3.8) is 0 Å². The van der Waals surface area contributed by atoms with Crippen molar-refractivity contribution in [2.45, 2.75) is 19.8 Å². The minimum Gasteiger partial charge on any atom is -0.259 e. The molecule has 0 fully saturated rings. The Morgan fingerprint density at radius 2 is 2.15 bits per heavy atom. The third kappa shape index (κ3) is 1.27. The molecule has 68 valence electrons. The SMILES string of the molecule is CC(C)c1ncnc2[nH]nc(Cl)c12. The van der Waals surface area contributed by atoms with Gasteiger partial charge in [-0.2, -0.15) is 5.10 Å². The molecule has 0 bridgehead atoms. The maximum atomic E-state index is 5.90. The minimum absolute atomic E-state index is 0.320. The predicted octanol–water partition coefficient (Wildman–Crippen LogP) is 2.13. The molecule has 0 radical (unpaired) electrons. The Labute approximate surface area is 80.3 Å². The molecule has 0 aliphatic rings. The number of halogens is 1. The Balaban J connectivity index is 2.80. The number of fused-ring (bicyclic) bond motifs is 1. The highest BCUT2D eigenvalue weighted by Gasteiger charge is 2.12. The molecule has 0 saturated heterocycles. The first-order chi connectivity index (χ1) is 6.20. The van der Waals surface area contributed by atoms with E-state index in [1.807, 2.05) is 0 Å². The number of hydrogen-bond acceptors (Lipinski definition) is 3. The van der Waals surface area contributed by atoms with Crippen LogP contribution in [0.4, 0.5) is 0 Å². The fraction of sp³-hybridized carbons (Fsp3) is 0.375. The normalized spacial score (nSPS) is 11.4. The van der Waals surface area contributed by atoms with Crippen molar-refractivity contribution in [3.05, 3.63) is 17.2 Å². The molecule has 2 rings (SSSR count). The molecule has 2 heterocycles. The first kappa shape index (κ1) is 8.44. The zero-order valence-corrected chi connectivity index (χ0v) is 8.13. The summed E-state index contributed by atoms with van der Waals surface area (Å²) in [5.74, 6) is 0.320. The summed E-state index contributed by atoms with van der Waals surface area (Å²) in [6.45, 7) is 4.12. The standard InChI is InChI=1S/C8H9ClN4/c1-4(2)6-5-7(9)12-13-8(5)11-3-10-6/h3-4H,1-2H3,(H,10,11,12,13). The van der Waals surface area contributed by atoms with Crippen LogP contribution in [-0.2, 0) is 0 Å². The van der Waals surface area contributed by atoms with Gasteiger partial charge in [0.1, 0.15) is 6.33 Å². The van der Waals surface area contributed by atoms with Crippen LogP contribution in [0.2, 0.25) is 5.15 Å². The van der Waals surface area contributed by atoms with E-state index in [4.69, 9.17) is 11.6 Å². The van der Waals surface area contributed by atoms with Gasteiger partial charge in [0.05, 0.1) is 11.1 Å². The van der Waals surface area contributed by atoms with Crippen LogP contribution in [-0.4, -0.2) is 20.2 Å². The van der Waals surface area contributed by atoms with E-state index in [0.717, 1.165) is 11.1 Å². The molecule has 0 spiro atoms. The highest BCUT2D eigenvalue weighted by Crippen LogP contribution is 2.25. The Bertz CT molecular complexity index is 435. The molecule has 0 atom stereocenters. The summed E-state index contributed by atoms with van der Waals surface area (Å²) in [7, 11) is 0. The zero-order chi connectivity index (χ0) is 9.42. The maximum Gasteiger partial charge on any atom is 0.162 e. The first-order valence-electron chi connectivity index (χ1n) is 4.04. The van der Waals surface area contributed by atoms with Gasteiger partial charge in [0, 0.05) is 0 Å². The first-order valence-corrected chi connectivity index (χ1v) is 4.42. The summed E-state index contributed by atoms with van der Waals surface area (Å²) in [4.78, 5) is 8.22. The smallest absolute Gasteiger partial charge is 0.162 e. The Morgan fingerprint density at radius 3 is 2.85 bits per heavy atom. The van der Waals surface area contributed by atoms with Gasteiger partial charge in [-0.3, -0.25) is 5.10 Å². The van der Waals surface area contributed by atoms with Crippen LogP contribution < -0.4 is 0 Å². The molecule has 0 amide bonds.